The molecular weight excluding hydrogens is 234 g/mol. The van der Waals surface area contributed by atoms with Crippen molar-refractivity contribution in [3.05, 3.63) is 24.0 Å². The van der Waals surface area contributed by atoms with Crippen molar-refractivity contribution >= 4 is 6.09 Å². The average molecular weight is 251 g/mol. The van der Waals surface area contributed by atoms with Gasteiger partial charge in [-0.25, -0.2) is 4.79 Å². The van der Waals surface area contributed by atoms with Crippen molar-refractivity contribution in [3.63, 3.8) is 0 Å². The average Bonchev–Trinajstić information content (AvgIpc) is 2.85. The molecule has 0 unspecified atom stereocenters. The van der Waals surface area contributed by atoms with Gasteiger partial charge in [-0.2, -0.15) is 0 Å². The number of nitrogens with zero attached hydrogens (tertiary/aromatic N) is 2. The van der Waals surface area contributed by atoms with Crippen molar-refractivity contribution < 1.29 is 14.6 Å². The fourth-order valence-electron chi connectivity index (χ4n) is 2.06. The molecule has 1 fully saturated rings. The molecule has 0 radical (unpaired) electrons. The van der Waals surface area contributed by atoms with Gasteiger partial charge < -0.3 is 20.5 Å². The topological polar surface area (TPSA) is 88.7 Å². The summed E-state index contributed by atoms with van der Waals surface area (Å²) in [5.74, 6) is 0.931. The van der Waals surface area contributed by atoms with Gasteiger partial charge in [0, 0.05) is 37.3 Å². The van der Waals surface area contributed by atoms with Crippen LogP contribution in [0.2, 0.25) is 0 Å². The Morgan fingerprint density at radius 3 is 3.17 bits per heavy atom. The van der Waals surface area contributed by atoms with Crippen molar-refractivity contribution in [2.24, 2.45) is 11.7 Å². The normalized spacial score (nSPS) is 18.9. The summed E-state index contributed by atoms with van der Waals surface area (Å²) in [4.78, 5) is 16.2. The molecule has 6 nitrogen and oxygen atoms in total. The zero-order chi connectivity index (χ0) is 13.0. The lowest BCUT2D eigenvalue weighted by molar-refractivity contribution is 0.151. The van der Waals surface area contributed by atoms with Gasteiger partial charge in [0.2, 0.25) is 0 Å². The number of nitrogens with two attached hydrogens (primary N) is 1. The Balaban J connectivity index is 1.87. The predicted octanol–water partition coefficient (Wildman–Crippen LogP) is 0.919. The van der Waals surface area contributed by atoms with Crippen molar-refractivity contribution in [1.82, 2.24) is 9.88 Å². The van der Waals surface area contributed by atoms with Crippen molar-refractivity contribution in [2.75, 3.05) is 19.7 Å². The van der Waals surface area contributed by atoms with Gasteiger partial charge in [0.15, 0.2) is 0 Å². The van der Waals surface area contributed by atoms with Gasteiger partial charge in [0.05, 0.1) is 12.8 Å². The fourth-order valence-corrected chi connectivity index (χ4v) is 2.06. The van der Waals surface area contributed by atoms with Crippen LogP contribution in [-0.4, -0.2) is 40.8 Å². The van der Waals surface area contributed by atoms with Crippen LogP contribution in [0.5, 0.6) is 5.75 Å². The molecule has 1 aliphatic rings. The monoisotopic (exact) mass is 251 g/mol. The summed E-state index contributed by atoms with van der Waals surface area (Å²) in [6.07, 6.45) is 3.30. The molecule has 0 bridgehead atoms. The van der Waals surface area contributed by atoms with E-state index in [1.807, 2.05) is 6.07 Å². The van der Waals surface area contributed by atoms with E-state index in [9.17, 15) is 4.79 Å². The van der Waals surface area contributed by atoms with Crippen molar-refractivity contribution in [2.45, 2.75) is 13.0 Å². The number of hydrogen-bond donors (Lipinski definition) is 2. The third-order valence-electron chi connectivity index (χ3n) is 3.12. The van der Waals surface area contributed by atoms with Crippen LogP contribution in [0.25, 0.3) is 0 Å². The lowest BCUT2D eigenvalue weighted by Gasteiger charge is -2.14. The Hall–Kier alpha value is -1.82. The number of carboxylic acid groups (broad SMARTS) is 1. The summed E-state index contributed by atoms with van der Waals surface area (Å²) < 4.78 is 5.68. The second-order valence-corrected chi connectivity index (χ2v) is 4.38. The summed E-state index contributed by atoms with van der Waals surface area (Å²) >= 11 is 0. The molecule has 1 atom stereocenters. The largest absolute Gasteiger partial charge is 0.491 e. The minimum Gasteiger partial charge on any atom is -0.491 e. The lowest BCUT2D eigenvalue weighted by atomic mass is 10.1. The molecule has 0 saturated carbocycles. The molecule has 3 N–H and O–H groups in total. The van der Waals surface area contributed by atoms with E-state index in [4.69, 9.17) is 15.6 Å². The van der Waals surface area contributed by atoms with Crippen LogP contribution in [0, 0.1) is 5.92 Å². The van der Waals surface area contributed by atoms with Gasteiger partial charge in [-0.05, 0) is 12.5 Å². The summed E-state index contributed by atoms with van der Waals surface area (Å²) in [5.41, 5.74) is 6.52. The van der Waals surface area contributed by atoms with Gasteiger partial charge in [-0.1, -0.05) is 0 Å². The highest BCUT2D eigenvalue weighted by Gasteiger charge is 2.26. The zero-order valence-electron chi connectivity index (χ0n) is 10.1. The highest BCUT2D eigenvalue weighted by Crippen LogP contribution is 2.20. The third-order valence-corrected chi connectivity index (χ3v) is 3.12. The molecule has 1 saturated heterocycles. The quantitative estimate of drug-likeness (QED) is 0.830. The number of hydrogen-bond acceptors (Lipinski definition) is 4. The number of pyridine rings is 1. The highest BCUT2D eigenvalue weighted by molar-refractivity contribution is 5.65. The summed E-state index contributed by atoms with van der Waals surface area (Å²) in [6, 6.07) is 1.83. The number of aromatic nitrogens is 1. The molecule has 1 aliphatic heterocycles. The minimum absolute atomic E-state index is 0.243. The highest BCUT2D eigenvalue weighted by atomic mass is 16.5. The Kier molecular flexibility index (Phi) is 3.99. The molecule has 6 heteroatoms. The van der Waals surface area contributed by atoms with Crippen molar-refractivity contribution in [1.29, 1.82) is 0 Å². The molecular formula is C12H17N3O3. The summed E-state index contributed by atoms with van der Waals surface area (Å²) in [6.45, 7) is 2.03. The van der Waals surface area contributed by atoms with Gasteiger partial charge in [0.1, 0.15) is 5.75 Å². The number of likely N-dealkylation sites (tertiary alicyclic amines) is 1. The van der Waals surface area contributed by atoms with E-state index in [-0.39, 0.29) is 5.92 Å². The summed E-state index contributed by atoms with van der Waals surface area (Å²) in [5, 5.41) is 8.86. The lowest BCUT2D eigenvalue weighted by Crippen LogP contribution is -2.27. The second-order valence-electron chi connectivity index (χ2n) is 4.38. The van der Waals surface area contributed by atoms with Crippen LogP contribution < -0.4 is 10.5 Å². The first-order chi connectivity index (χ1) is 8.70. The standard InChI is InChI=1S/C12H17N3O3/c13-5-10-1-3-14-6-11(10)18-8-9-2-4-15(7-9)12(16)17/h1,3,6,9H,2,4-5,7-8,13H2,(H,16,17)/t9-/m0/s1. The Morgan fingerprint density at radius 2 is 2.50 bits per heavy atom. The first-order valence-electron chi connectivity index (χ1n) is 5.94. The van der Waals surface area contributed by atoms with Gasteiger partial charge in [-0.3, -0.25) is 4.98 Å². The Labute approximate surface area is 105 Å². The molecule has 0 spiro atoms. The molecule has 2 rings (SSSR count). The zero-order valence-corrected chi connectivity index (χ0v) is 10.1. The molecule has 98 valence electrons. The molecule has 1 amide bonds. The first-order valence-corrected chi connectivity index (χ1v) is 5.94. The molecule has 18 heavy (non-hydrogen) atoms. The maximum absolute atomic E-state index is 10.8. The van der Waals surface area contributed by atoms with Gasteiger partial charge in [-0.15, -0.1) is 0 Å². The van der Waals surface area contributed by atoms with Crippen LogP contribution in [0.15, 0.2) is 18.5 Å². The fraction of sp³-hybridized carbons (Fsp3) is 0.500. The van der Waals surface area contributed by atoms with Crippen LogP contribution >= 0.6 is 0 Å². The van der Waals surface area contributed by atoms with Crippen LogP contribution in [0.1, 0.15) is 12.0 Å². The number of ether oxygens (including phenoxy) is 1. The maximum Gasteiger partial charge on any atom is 0.407 e. The molecule has 1 aromatic heterocycles. The smallest absolute Gasteiger partial charge is 0.407 e. The van der Waals surface area contributed by atoms with E-state index in [1.165, 1.54) is 4.90 Å². The number of amides is 1. The molecule has 2 heterocycles. The molecule has 0 aliphatic carbocycles. The van der Waals surface area contributed by atoms with Crippen LogP contribution in [-0.2, 0) is 6.54 Å². The second kappa shape index (κ2) is 5.68. The Morgan fingerprint density at radius 1 is 1.67 bits per heavy atom. The minimum atomic E-state index is -0.860. The van der Waals surface area contributed by atoms with E-state index >= 15 is 0 Å². The van der Waals surface area contributed by atoms with E-state index in [0.717, 1.165) is 12.0 Å². The van der Waals surface area contributed by atoms with Gasteiger partial charge in [0.25, 0.3) is 0 Å². The van der Waals surface area contributed by atoms with Crippen LogP contribution in [0.3, 0.4) is 0 Å². The third kappa shape index (κ3) is 2.89. The Bertz CT molecular complexity index is 425. The number of rotatable bonds is 4. The summed E-state index contributed by atoms with van der Waals surface area (Å²) in [7, 11) is 0. The van der Waals surface area contributed by atoms with Gasteiger partial charge >= 0.3 is 6.09 Å². The van der Waals surface area contributed by atoms with Crippen LogP contribution in [0.4, 0.5) is 4.79 Å². The first kappa shape index (κ1) is 12.6. The van der Waals surface area contributed by atoms with Crippen molar-refractivity contribution in [3.8, 4) is 5.75 Å². The van der Waals surface area contributed by atoms with E-state index in [2.05, 4.69) is 4.98 Å². The SMILES string of the molecule is NCc1ccncc1OC[C@H]1CCN(C(=O)O)C1. The molecule has 1 aromatic rings. The van der Waals surface area contributed by atoms with E-state index in [0.29, 0.717) is 32.0 Å². The van der Waals surface area contributed by atoms with E-state index < -0.39 is 6.09 Å². The number of carbonyl (C=O) groups is 1. The maximum atomic E-state index is 10.8. The predicted molar refractivity (Wildman–Crippen MR) is 65.3 cm³/mol. The van der Waals surface area contributed by atoms with E-state index in [1.54, 1.807) is 12.4 Å². The molecule has 0 aromatic carbocycles.